The lowest BCUT2D eigenvalue weighted by Gasteiger charge is -2.38. The Labute approximate surface area is 111 Å². The van der Waals surface area contributed by atoms with Crippen molar-refractivity contribution >= 4 is 5.69 Å². The average molecular weight is 246 g/mol. The van der Waals surface area contributed by atoms with Gasteiger partial charge in [0, 0.05) is 24.8 Å². The molecule has 1 aromatic rings. The fourth-order valence-corrected chi connectivity index (χ4v) is 2.75. The average Bonchev–Trinajstić information content (AvgIpc) is 2.37. The molecule has 0 bridgehead atoms. The van der Waals surface area contributed by atoms with Crippen LogP contribution in [0.25, 0.3) is 0 Å². The van der Waals surface area contributed by atoms with Gasteiger partial charge < -0.3 is 10.2 Å². The highest BCUT2D eigenvalue weighted by atomic mass is 15.2. The van der Waals surface area contributed by atoms with Crippen LogP contribution in [0.15, 0.2) is 30.3 Å². The quantitative estimate of drug-likeness (QED) is 0.878. The molecular weight excluding hydrogens is 220 g/mol. The molecule has 2 atom stereocenters. The maximum Gasteiger partial charge on any atom is 0.0366 e. The number of nitrogens with one attached hydrogen (secondary N) is 1. The lowest BCUT2D eigenvalue weighted by atomic mass is 9.95. The minimum atomic E-state index is 0.636. The van der Waals surface area contributed by atoms with E-state index in [1.807, 2.05) is 0 Å². The van der Waals surface area contributed by atoms with Crippen molar-refractivity contribution in [3.05, 3.63) is 30.3 Å². The molecule has 1 saturated heterocycles. The first kappa shape index (κ1) is 13.4. The number of para-hydroxylation sites is 1. The Kier molecular flexibility index (Phi) is 4.65. The highest BCUT2D eigenvalue weighted by Gasteiger charge is 2.24. The van der Waals surface area contributed by atoms with Gasteiger partial charge >= 0.3 is 0 Å². The van der Waals surface area contributed by atoms with Crippen LogP contribution < -0.4 is 10.2 Å². The van der Waals surface area contributed by atoms with Crippen molar-refractivity contribution < 1.29 is 0 Å². The first-order chi connectivity index (χ1) is 8.65. The van der Waals surface area contributed by atoms with Gasteiger partial charge in [-0.05, 0) is 36.9 Å². The molecule has 2 nitrogen and oxygen atoms in total. The molecule has 0 radical (unpaired) electrons. The monoisotopic (exact) mass is 246 g/mol. The molecule has 0 spiro atoms. The van der Waals surface area contributed by atoms with Crippen molar-refractivity contribution in [2.24, 2.45) is 11.8 Å². The fraction of sp³-hybridized carbons (Fsp3) is 0.625. The number of anilines is 1. The van der Waals surface area contributed by atoms with E-state index >= 15 is 0 Å². The summed E-state index contributed by atoms with van der Waals surface area (Å²) in [6.07, 6.45) is 1.30. The van der Waals surface area contributed by atoms with E-state index in [1.165, 1.54) is 18.7 Å². The van der Waals surface area contributed by atoms with E-state index in [1.54, 1.807) is 0 Å². The zero-order valence-electron chi connectivity index (χ0n) is 11.9. The van der Waals surface area contributed by atoms with E-state index in [0.29, 0.717) is 6.04 Å². The van der Waals surface area contributed by atoms with Gasteiger partial charge in [-0.1, -0.05) is 39.0 Å². The number of piperidine rings is 1. The van der Waals surface area contributed by atoms with Gasteiger partial charge in [-0.25, -0.2) is 0 Å². The standard InChI is InChI=1S/C16H26N2/c1-13(2)10-17-15-9-14(3)11-18(12-15)16-7-5-4-6-8-16/h4-8,13-15,17H,9-12H2,1-3H3. The third-order valence-electron chi connectivity index (χ3n) is 3.60. The van der Waals surface area contributed by atoms with Gasteiger partial charge in [-0.2, -0.15) is 0 Å². The van der Waals surface area contributed by atoms with Crippen LogP contribution in [-0.2, 0) is 0 Å². The van der Waals surface area contributed by atoms with Crippen LogP contribution in [0.4, 0.5) is 5.69 Å². The van der Waals surface area contributed by atoms with E-state index in [0.717, 1.165) is 24.9 Å². The topological polar surface area (TPSA) is 15.3 Å². The van der Waals surface area contributed by atoms with Crippen LogP contribution in [0.5, 0.6) is 0 Å². The first-order valence-electron chi connectivity index (χ1n) is 7.18. The fourth-order valence-electron chi connectivity index (χ4n) is 2.75. The zero-order chi connectivity index (χ0) is 13.0. The number of rotatable bonds is 4. The summed E-state index contributed by atoms with van der Waals surface area (Å²) in [4.78, 5) is 2.52. The van der Waals surface area contributed by atoms with Crippen LogP contribution in [0.1, 0.15) is 27.2 Å². The summed E-state index contributed by atoms with van der Waals surface area (Å²) in [5, 5.41) is 3.71. The molecule has 2 rings (SSSR count). The van der Waals surface area contributed by atoms with Crippen molar-refractivity contribution in [1.29, 1.82) is 0 Å². The van der Waals surface area contributed by atoms with Crippen molar-refractivity contribution in [3.8, 4) is 0 Å². The van der Waals surface area contributed by atoms with Crippen molar-refractivity contribution in [2.75, 3.05) is 24.5 Å². The Bertz CT molecular complexity index is 347. The van der Waals surface area contributed by atoms with Gasteiger partial charge in [0.2, 0.25) is 0 Å². The second-order valence-electron chi connectivity index (χ2n) is 6.08. The zero-order valence-corrected chi connectivity index (χ0v) is 11.9. The largest absolute Gasteiger partial charge is 0.370 e. The van der Waals surface area contributed by atoms with Gasteiger partial charge in [0.25, 0.3) is 0 Å². The van der Waals surface area contributed by atoms with Crippen LogP contribution in [0.3, 0.4) is 0 Å². The summed E-state index contributed by atoms with van der Waals surface area (Å²) in [6.45, 7) is 10.4. The molecule has 0 amide bonds. The third-order valence-corrected chi connectivity index (χ3v) is 3.60. The molecule has 18 heavy (non-hydrogen) atoms. The van der Waals surface area contributed by atoms with Crippen LogP contribution >= 0.6 is 0 Å². The molecule has 1 fully saturated rings. The Morgan fingerprint density at radius 1 is 1.22 bits per heavy atom. The Balaban J connectivity index is 1.96. The molecule has 2 heteroatoms. The maximum atomic E-state index is 3.71. The SMILES string of the molecule is CC(C)CNC1CC(C)CN(c2ccccc2)C1. The van der Waals surface area contributed by atoms with Crippen molar-refractivity contribution in [3.63, 3.8) is 0 Å². The van der Waals surface area contributed by atoms with Crippen LogP contribution in [0, 0.1) is 11.8 Å². The predicted molar refractivity (Wildman–Crippen MR) is 79.1 cm³/mol. The van der Waals surface area contributed by atoms with E-state index in [2.05, 4.69) is 61.3 Å². The predicted octanol–water partition coefficient (Wildman–Crippen LogP) is 3.15. The van der Waals surface area contributed by atoms with E-state index in [9.17, 15) is 0 Å². The van der Waals surface area contributed by atoms with E-state index in [4.69, 9.17) is 0 Å². The van der Waals surface area contributed by atoms with Gasteiger partial charge in [0.05, 0.1) is 0 Å². The lowest BCUT2D eigenvalue weighted by Crippen LogP contribution is -2.49. The molecule has 0 aliphatic carbocycles. The first-order valence-corrected chi connectivity index (χ1v) is 7.18. The summed E-state index contributed by atoms with van der Waals surface area (Å²) in [6, 6.07) is 11.4. The van der Waals surface area contributed by atoms with Gasteiger partial charge in [0.15, 0.2) is 0 Å². The third kappa shape index (κ3) is 3.74. The minimum absolute atomic E-state index is 0.636. The highest BCUT2D eigenvalue weighted by molar-refractivity contribution is 5.46. The molecule has 1 aromatic carbocycles. The van der Waals surface area contributed by atoms with Crippen LogP contribution in [0.2, 0.25) is 0 Å². The number of nitrogens with zero attached hydrogens (tertiary/aromatic N) is 1. The van der Waals surface area contributed by atoms with Crippen LogP contribution in [-0.4, -0.2) is 25.7 Å². The molecule has 0 aromatic heterocycles. The van der Waals surface area contributed by atoms with Crippen molar-refractivity contribution in [1.82, 2.24) is 5.32 Å². The smallest absolute Gasteiger partial charge is 0.0366 e. The molecule has 1 heterocycles. The van der Waals surface area contributed by atoms with Gasteiger partial charge in [-0.3, -0.25) is 0 Å². The number of benzene rings is 1. The summed E-state index contributed by atoms with van der Waals surface area (Å²) in [5.41, 5.74) is 1.36. The maximum absolute atomic E-state index is 3.71. The Morgan fingerprint density at radius 2 is 1.94 bits per heavy atom. The molecule has 1 aliphatic rings. The molecule has 100 valence electrons. The molecule has 0 saturated carbocycles. The summed E-state index contributed by atoms with van der Waals surface area (Å²) in [7, 11) is 0. The van der Waals surface area contributed by atoms with E-state index in [-0.39, 0.29) is 0 Å². The van der Waals surface area contributed by atoms with Gasteiger partial charge in [-0.15, -0.1) is 0 Å². The highest BCUT2D eigenvalue weighted by Crippen LogP contribution is 2.22. The summed E-state index contributed by atoms with van der Waals surface area (Å²) >= 11 is 0. The van der Waals surface area contributed by atoms with E-state index < -0.39 is 0 Å². The second-order valence-corrected chi connectivity index (χ2v) is 6.08. The molecule has 1 N–H and O–H groups in total. The summed E-state index contributed by atoms with van der Waals surface area (Å²) < 4.78 is 0. The van der Waals surface area contributed by atoms with Gasteiger partial charge in [0.1, 0.15) is 0 Å². The Hall–Kier alpha value is -1.02. The minimum Gasteiger partial charge on any atom is -0.370 e. The molecular formula is C16H26N2. The van der Waals surface area contributed by atoms with Crippen molar-refractivity contribution in [2.45, 2.75) is 33.2 Å². The summed E-state index contributed by atoms with van der Waals surface area (Å²) in [5.74, 6) is 1.50. The second kappa shape index (κ2) is 6.24. The number of hydrogen-bond acceptors (Lipinski definition) is 2. The lowest BCUT2D eigenvalue weighted by molar-refractivity contribution is 0.339. The molecule has 1 aliphatic heterocycles. The molecule has 2 unspecified atom stereocenters. The normalized spacial score (nSPS) is 24.6. The Morgan fingerprint density at radius 3 is 2.61 bits per heavy atom. The number of hydrogen-bond donors (Lipinski definition) is 1.